The zero-order valence-corrected chi connectivity index (χ0v) is 16.2. The van der Waals surface area contributed by atoms with Crippen molar-refractivity contribution in [2.75, 3.05) is 0 Å². The molecule has 28 heavy (non-hydrogen) atoms. The molecule has 2 aromatic carbocycles. The number of hydrogen-bond donors (Lipinski definition) is 0. The first-order chi connectivity index (χ1) is 13.7. The Morgan fingerprint density at radius 1 is 1.04 bits per heavy atom. The van der Waals surface area contributed by atoms with Gasteiger partial charge >= 0.3 is 0 Å². The molecule has 0 radical (unpaired) electrons. The first kappa shape index (κ1) is 17.1. The third-order valence-electron chi connectivity index (χ3n) is 4.74. The fourth-order valence-corrected chi connectivity index (χ4v) is 4.45. The normalized spacial score (nSPS) is 11.3. The summed E-state index contributed by atoms with van der Waals surface area (Å²) in [5, 5.41) is 4.02. The van der Waals surface area contributed by atoms with Crippen LogP contribution in [0.3, 0.4) is 0 Å². The van der Waals surface area contributed by atoms with Crippen molar-refractivity contribution in [1.82, 2.24) is 14.5 Å². The average molecular weight is 404 g/mol. The van der Waals surface area contributed by atoms with E-state index in [0.29, 0.717) is 17.1 Å². The Balaban J connectivity index is 1.63. The average Bonchev–Trinajstić information content (AvgIpc) is 3.16. The van der Waals surface area contributed by atoms with Crippen LogP contribution in [0.2, 0.25) is 5.15 Å². The summed E-state index contributed by atoms with van der Waals surface area (Å²) in [6.45, 7) is 0.322. The predicted octanol–water partition coefficient (Wildman–Crippen LogP) is 5.37. The standard InChI is InChI=1S/C22H14ClN3OS/c23-20-16(10-15-8-4-5-9-18(15)25-20)11-26-13-24-21-19(22(26)27)17(12-28-21)14-6-2-1-3-7-14/h1-10,12-13H,11H2. The van der Waals surface area contributed by atoms with Gasteiger partial charge in [0.05, 0.1) is 23.8 Å². The van der Waals surface area contributed by atoms with Crippen molar-refractivity contribution in [3.8, 4) is 11.1 Å². The van der Waals surface area contributed by atoms with E-state index in [4.69, 9.17) is 11.6 Å². The Hall–Kier alpha value is -3.02. The molecule has 4 nitrogen and oxygen atoms in total. The quantitative estimate of drug-likeness (QED) is 0.380. The molecule has 0 aliphatic rings. The highest BCUT2D eigenvalue weighted by Gasteiger charge is 2.14. The third kappa shape index (κ3) is 2.89. The molecular weight excluding hydrogens is 390 g/mol. The van der Waals surface area contributed by atoms with Crippen molar-refractivity contribution >= 4 is 44.1 Å². The monoisotopic (exact) mass is 403 g/mol. The number of thiophene rings is 1. The van der Waals surface area contributed by atoms with E-state index in [1.807, 2.05) is 66.0 Å². The van der Waals surface area contributed by atoms with Crippen LogP contribution in [-0.2, 0) is 6.54 Å². The minimum absolute atomic E-state index is 0.0747. The molecule has 5 aromatic rings. The van der Waals surface area contributed by atoms with Crippen LogP contribution in [0.1, 0.15) is 5.56 Å². The maximum absolute atomic E-state index is 13.2. The summed E-state index contributed by atoms with van der Waals surface area (Å²) in [6.07, 6.45) is 1.58. The second kappa shape index (κ2) is 6.86. The Kier molecular flexibility index (Phi) is 4.19. The van der Waals surface area contributed by atoms with Gasteiger partial charge in [-0.1, -0.05) is 60.1 Å². The zero-order valence-electron chi connectivity index (χ0n) is 14.7. The summed E-state index contributed by atoms with van der Waals surface area (Å²) in [7, 11) is 0. The van der Waals surface area contributed by atoms with Crippen LogP contribution in [0.5, 0.6) is 0 Å². The highest BCUT2D eigenvalue weighted by Crippen LogP contribution is 2.30. The molecule has 0 bridgehead atoms. The van der Waals surface area contributed by atoms with Crippen molar-refractivity contribution in [1.29, 1.82) is 0 Å². The molecule has 5 rings (SSSR count). The van der Waals surface area contributed by atoms with E-state index in [9.17, 15) is 4.79 Å². The summed E-state index contributed by atoms with van der Waals surface area (Å²) >= 11 is 7.87. The van der Waals surface area contributed by atoms with Gasteiger partial charge in [0.2, 0.25) is 0 Å². The van der Waals surface area contributed by atoms with Crippen molar-refractivity contribution in [2.24, 2.45) is 0 Å². The molecule has 0 aliphatic carbocycles. The third-order valence-corrected chi connectivity index (χ3v) is 5.95. The summed E-state index contributed by atoms with van der Waals surface area (Å²) in [6, 6.07) is 19.7. The van der Waals surface area contributed by atoms with Crippen LogP contribution in [0.15, 0.2) is 77.2 Å². The topological polar surface area (TPSA) is 47.8 Å². The van der Waals surface area contributed by atoms with Gasteiger partial charge in [-0.15, -0.1) is 11.3 Å². The smallest absolute Gasteiger partial charge is 0.263 e. The molecule has 0 spiro atoms. The molecule has 0 saturated heterocycles. The lowest BCUT2D eigenvalue weighted by Crippen LogP contribution is -2.21. The van der Waals surface area contributed by atoms with E-state index in [-0.39, 0.29) is 5.56 Å². The molecule has 0 saturated carbocycles. The van der Waals surface area contributed by atoms with Gasteiger partial charge in [-0.3, -0.25) is 9.36 Å². The minimum Gasteiger partial charge on any atom is -0.294 e. The Bertz CT molecular complexity index is 1380. The number of halogens is 1. The number of aromatic nitrogens is 3. The van der Waals surface area contributed by atoms with E-state index < -0.39 is 0 Å². The maximum atomic E-state index is 13.2. The van der Waals surface area contributed by atoms with E-state index in [2.05, 4.69) is 9.97 Å². The van der Waals surface area contributed by atoms with Crippen LogP contribution in [0.4, 0.5) is 0 Å². The number of rotatable bonds is 3. The molecule has 136 valence electrons. The summed E-state index contributed by atoms with van der Waals surface area (Å²) in [5.74, 6) is 0. The highest BCUT2D eigenvalue weighted by atomic mass is 35.5. The molecule has 3 aromatic heterocycles. The lowest BCUT2D eigenvalue weighted by atomic mass is 10.1. The largest absolute Gasteiger partial charge is 0.294 e. The highest BCUT2D eigenvalue weighted by molar-refractivity contribution is 7.17. The van der Waals surface area contributed by atoms with Gasteiger partial charge in [-0.05, 0) is 17.7 Å². The first-order valence-electron chi connectivity index (χ1n) is 8.77. The molecule has 0 atom stereocenters. The van der Waals surface area contributed by atoms with E-state index in [1.165, 1.54) is 11.3 Å². The van der Waals surface area contributed by atoms with Crippen LogP contribution in [-0.4, -0.2) is 14.5 Å². The van der Waals surface area contributed by atoms with E-state index in [1.54, 1.807) is 10.9 Å². The molecule has 0 N–H and O–H groups in total. The van der Waals surface area contributed by atoms with Gasteiger partial charge in [0.15, 0.2) is 0 Å². The zero-order chi connectivity index (χ0) is 19.1. The van der Waals surface area contributed by atoms with Crippen molar-refractivity contribution < 1.29 is 0 Å². The summed E-state index contributed by atoms with van der Waals surface area (Å²) < 4.78 is 1.60. The Morgan fingerprint density at radius 3 is 2.68 bits per heavy atom. The number of fused-ring (bicyclic) bond motifs is 2. The fraction of sp³-hybridized carbons (Fsp3) is 0.0455. The van der Waals surface area contributed by atoms with Gasteiger partial charge in [0, 0.05) is 21.9 Å². The molecule has 0 unspecified atom stereocenters. The number of benzene rings is 2. The van der Waals surface area contributed by atoms with E-state index >= 15 is 0 Å². The second-order valence-corrected chi connectivity index (χ2v) is 7.72. The summed E-state index contributed by atoms with van der Waals surface area (Å²) in [5.41, 5.74) is 3.47. The SMILES string of the molecule is O=c1c2c(-c3ccccc3)csc2ncn1Cc1cc2ccccc2nc1Cl. The van der Waals surface area contributed by atoms with Gasteiger partial charge in [-0.2, -0.15) is 0 Å². The van der Waals surface area contributed by atoms with Gasteiger partial charge in [-0.25, -0.2) is 9.97 Å². The minimum atomic E-state index is -0.0747. The Labute approximate surface area is 169 Å². The van der Waals surface area contributed by atoms with Crippen LogP contribution >= 0.6 is 22.9 Å². The number of para-hydroxylation sites is 1. The molecule has 3 heterocycles. The molecule has 6 heteroatoms. The van der Waals surface area contributed by atoms with Crippen LogP contribution < -0.4 is 5.56 Å². The predicted molar refractivity (Wildman–Crippen MR) is 115 cm³/mol. The van der Waals surface area contributed by atoms with Crippen LogP contribution in [0, 0.1) is 0 Å². The maximum Gasteiger partial charge on any atom is 0.263 e. The lowest BCUT2D eigenvalue weighted by Gasteiger charge is -2.09. The molecule has 0 aliphatic heterocycles. The molecule has 0 fully saturated rings. The number of nitrogens with zero attached hydrogens (tertiary/aromatic N) is 3. The van der Waals surface area contributed by atoms with Gasteiger partial charge < -0.3 is 0 Å². The summed E-state index contributed by atoms with van der Waals surface area (Å²) in [4.78, 5) is 22.9. The first-order valence-corrected chi connectivity index (χ1v) is 10.0. The number of hydrogen-bond acceptors (Lipinski definition) is 4. The lowest BCUT2D eigenvalue weighted by molar-refractivity contribution is 0.748. The van der Waals surface area contributed by atoms with Gasteiger partial charge in [0.25, 0.3) is 5.56 Å². The second-order valence-electron chi connectivity index (χ2n) is 6.50. The fourth-order valence-electron chi connectivity index (χ4n) is 3.34. The molecular formula is C22H14ClN3OS. The number of pyridine rings is 1. The van der Waals surface area contributed by atoms with Crippen molar-refractivity contribution in [3.63, 3.8) is 0 Å². The van der Waals surface area contributed by atoms with Gasteiger partial charge in [0.1, 0.15) is 9.98 Å². The molecule has 0 amide bonds. The van der Waals surface area contributed by atoms with Crippen molar-refractivity contribution in [3.05, 3.63) is 93.4 Å². The van der Waals surface area contributed by atoms with Crippen LogP contribution in [0.25, 0.3) is 32.2 Å². The van der Waals surface area contributed by atoms with Crippen molar-refractivity contribution in [2.45, 2.75) is 6.54 Å². The van der Waals surface area contributed by atoms with E-state index in [0.717, 1.165) is 32.4 Å². The Morgan fingerprint density at radius 2 is 1.82 bits per heavy atom.